The molecule has 0 bridgehead atoms. The van der Waals surface area contributed by atoms with Gasteiger partial charge in [-0.1, -0.05) is 13.8 Å². The standard InChI is InChI=1S/C10H19N3O2/c1-6(2)9(10(11)15)12-5-7-3-4-8(14)13-7/h6-7,9,12H,3-5H2,1-2H3,(H2,11,15)(H,13,14). The van der Waals surface area contributed by atoms with Crippen LogP contribution in [-0.2, 0) is 9.59 Å². The third-order valence-corrected chi connectivity index (χ3v) is 2.64. The average molecular weight is 213 g/mol. The van der Waals surface area contributed by atoms with E-state index >= 15 is 0 Å². The summed E-state index contributed by atoms with van der Waals surface area (Å²) < 4.78 is 0. The fourth-order valence-electron chi connectivity index (χ4n) is 1.76. The van der Waals surface area contributed by atoms with Gasteiger partial charge in [-0.05, 0) is 12.3 Å². The molecule has 0 spiro atoms. The van der Waals surface area contributed by atoms with Crippen LogP contribution in [0.5, 0.6) is 0 Å². The Morgan fingerprint density at radius 2 is 2.33 bits per heavy atom. The molecule has 0 aromatic carbocycles. The molecule has 5 nitrogen and oxygen atoms in total. The lowest BCUT2D eigenvalue weighted by atomic mass is 10.0. The van der Waals surface area contributed by atoms with Gasteiger partial charge in [0.15, 0.2) is 0 Å². The van der Waals surface area contributed by atoms with E-state index in [0.29, 0.717) is 13.0 Å². The van der Waals surface area contributed by atoms with E-state index in [0.717, 1.165) is 6.42 Å². The Hall–Kier alpha value is -1.10. The fraction of sp³-hybridized carbons (Fsp3) is 0.800. The van der Waals surface area contributed by atoms with Crippen LogP contribution in [0.4, 0.5) is 0 Å². The largest absolute Gasteiger partial charge is 0.368 e. The maximum absolute atomic E-state index is 11.1. The molecule has 86 valence electrons. The molecule has 4 N–H and O–H groups in total. The average Bonchev–Trinajstić information content (AvgIpc) is 2.50. The Morgan fingerprint density at radius 3 is 2.73 bits per heavy atom. The van der Waals surface area contributed by atoms with Crippen LogP contribution in [-0.4, -0.2) is 30.4 Å². The van der Waals surface area contributed by atoms with Crippen LogP contribution in [0.15, 0.2) is 0 Å². The predicted molar refractivity (Wildman–Crippen MR) is 57.0 cm³/mol. The Balaban J connectivity index is 2.34. The quantitative estimate of drug-likeness (QED) is 0.568. The molecule has 0 aromatic heterocycles. The van der Waals surface area contributed by atoms with Crippen LogP contribution in [0.25, 0.3) is 0 Å². The second kappa shape index (κ2) is 5.11. The topological polar surface area (TPSA) is 84.2 Å². The summed E-state index contributed by atoms with van der Waals surface area (Å²) in [6.45, 7) is 4.49. The summed E-state index contributed by atoms with van der Waals surface area (Å²) in [5.74, 6) is -0.0871. The highest BCUT2D eigenvalue weighted by Crippen LogP contribution is 2.07. The molecule has 0 radical (unpaired) electrons. The van der Waals surface area contributed by atoms with Crippen molar-refractivity contribution in [2.45, 2.75) is 38.8 Å². The van der Waals surface area contributed by atoms with E-state index in [4.69, 9.17) is 5.73 Å². The minimum absolute atomic E-state index is 0.0852. The number of carbonyl (C=O) groups is 2. The highest BCUT2D eigenvalue weighted by Gasteiger charge is 2.24. The molecule has 2 unspecified atom stereocenters. The van der Waals surface area contributed by atoms with Gasteiger partial charge in [-0.25, -0.2) is 0 Å². The minimum Gasteiger partial charge on any atom is -0.368 e. The molecule has 1 rings (SSSR count). The van der Waals surface area contributed by atoms with E-state index in [1.54, 1.807) is 0 Å². The summed E-state index contributed by atoms with van der Waals surface area (Å²) in [7, 11) is 0. The molecule has 5 heteroatoms. The number of amides is 2. The maximum Gasteiger partial charge on any atom is 0.234 e. The van der Waals surface area contributed by atoms with Gasteiger partial charge in [0.2, 0.25) is 11.8 Å². The first kappa shape index (κ1) is 12.0. The van der Waals surface area contributed by atoms with Crippen molar-refractivity contribution in [2.24, 2.45) is 11.7 Å². The van der Waals surface area contributed by atoms with Gasteiger partial charge in [0.25, 0.3) is 0 Å². The summed E-state index contributed by atoms with van der Waals surface area (Å²) in [6.07, 6.45) is 1.41. The lowest BCUT2D eigenvalue weighted by molar-refractivity contribution is -0.121. The smallest absolute Gasteiger partial charge is 0.234 e. The fourth-order valence-corrected chi connectivity index (χ4v) is 1.76. The van der Waals surface area contributed by atoms with Crippen molar-refractivity contribution in [3.05, 3.63) is 0 Å². The molecule has 0 aliphatic carbocycles. The van der Waals surface area contributed by atoms with Crippen LogP contribution >= 0.6 is 0 Å². The van der Waals surface area contributed by atoms with Crippen molar-refractivity contribution >= 4 is 11.8 Å². The van der Waals surface area contributed by atoms with Crippen molar-refractivity contribution in [1.82, 2.24) is 10.6 Å². The van der Waals surface area contributed by atoms with Crippen LogP contribution in [0.1, 0.15) is 26.7 Å². The third-order valence-electron chi connectivity index (χ3n) is 2.64. The minimum atomic E-state index is -0.339. The van der Waals surface area contributed by atoms with Crippen LogP contribution in [0, 0.1) is 5.92 Å². The number of nitrogens with one attached hydrogen (secondary N) is 2. The normalized spacial score (nSPS) is 22.9. The van der Waals surface area contributed by atoms with Crippen LogP contribution < -0.4 is 16.4 Å². The van der Waals surface area contributed by atoms with Gasteiger partial charge in [-0.3, -0.25) is 9.59 Å². The molecule has 0 saturated carbocycles. The number of hydrogen-bond acceptors (Lipinski definition) is 3. The lowest BCUT2D eigenvalue weighted by Gasteiger charge is -2.21. The molecule has 1 fully saturated rings. The first-order chi connectivity index (χ1) is 7.00. The summed E-state index contributed by atoms with van der Waals surface area (Å²) in [4.78, 5) is 22.0. The zero-order valence-electron chi connectivity index (χ0n) is 9.25. The first-order valence-corrected chi connectivity index (χ1v) is 5.32. The van der Waals surface area contributed by atoms with E-state index in [9.17, 15) is 9.59 Å². The second-order valence-electron chi connectivity index (χ2n) is 4.34. The van der Waals surface area contributed by atoms with Gasteiger partial charge >= 0.3 is 0 Å². The van der Waals surface area contributed by atoms with Gasteiger partial charge in [-0.2, -0.15) is 0 Å². The van der Waals surface area contributed by atoms with Crippen molar-refractivity contribution in [1.29, 1.82) is 0 Å². The third kappa shape index (κ3) is 3.51. The highest BCUT2D eigenvalue weighted by atomic mass is 16.2. The summed E-state index contributed by atoms with van der Waals surface area (Å²) in [6, 6.07) is -0.180. The van der Waals surface area contributed by atoms with E-state index < -0.39 is 0 Å². The SMILES string of the molecule is CC(C)C(NCC1CCC(=O)N1)C(N)=O. The number of rotatable bonds is 5. The number of nitrogens with two attached hydrogens (primary N) is 1. The number of hydrogen-bond donors (Lipinski definition) is 3. The molecule has 1 aliphatic heterocycles. The first-order valence-electron chi connectivity index (χ1n) is 5.32. The van der Waals surface area contributed by atoms with Gasteiger partial charge in [0.05, 0.1) is 6.04 Å². The van der Waals surface area contributed by atoms with E-state index in [2.05, 4.69) is 10.6 Å². The summed E-state index contributed by atoms with van der Waals surface area (Å²) in [5.41, 5.74) is 5.26. The molecule has 2 amide bonds. The van der Waals surface area contributed by atoms with Crippen molar-refractivity contribution in [2.75, 3.05) is 6.54 Å². The molecule has 2 atom stereocenters. The van der Waals surface area contributed by atoms with Crippen molar-refractivity contribution in [3.8, 4) is 0 Å². The van der Waals surface area contributed by atoms with Crippen LogP contribution in [0.3, 0.4) is 0 Å². The predicted octanol–water partition coefficient (Wildman–Crippen LogP) is -0.635. The van der Waals surface area contributed by atoms with Crippen molar-refractivity contribution < 1.29 is 9.59 Å². The molecular formula is C10H19N3O2. The Kier molecular flexibility index (Phi) is 4.08. The zero-order valence-corrected chi connectivity index (χ0v) is 9.25. The van der Waals surface area contributed by atoms with E-state index in [1.165, 1.54) is 0 Å². The Bertz CT molecular complexity index is 253. The molecular weight excluding hydrogens is 194 g/mol. The Morgan fingerprint density at radius 1 is 1.67 bits per heavy atom. The Labute approximate surface area is 89.8 Å². The van der Waals surface area contributed by atoms with Gasteiger partial charge < -0.3 is 16.4 Å². The van der Waals surface area contributed by atoms with Gasteiger partial charge in [0, 0.05) is 19.0 Å². The van der Waals surface area contributed by atoms with E-state index in [-0.39, 0.29) is 29.8 Å². The number of carbonyl (C=O) groups excluding carboxylic acids is 2. The second-order valence-corrected chi connectivity index (χ2v) is 4.34. The molecule has 1 heterocycles. The molecule has 1 aliphatic rings. The van der Waals surface area contributed by atoms with Crippen molar-refractivity contribution in [3.63, 3.8) is 0 Å². The molecule has 15 heavy (non-hydrogen) atoms. The molecule has 1 saturated heterocycles. The lowest BCUT2D eigenvalue weighted by Crippen LogP contribution is -2.49. The van der Waals surface area contributed by atoms with Gasteiger partial charge in [-0.15, -0.1) is 0 Å². The van der Waals surface area contributed by atoms with Gasteiger partial charge in [0.1, 0.15) is 0 Å². The summed E-state index contributed by atoms with van der Waals surface area (Å²) >= 11 is 0. The zero-order chi connectivity index (χ0) is 11.4. The molecule has 0 aromatic rings. The maximum atomic E-state index is 11.1. The monoisotopic (exact) mass is 213 g/mol. The van der Waals surface area contributed by atoms with Crippen LogP contribution in [0.2, 0.25) is 0 Å². The number of primary amides is 1. The van der Waals surface area contributed by atoms with E-state index in [1.807, 2.05) is 13.8 Å². The highest BCUT2D eigenvalue weighted by molar-refractivity contribution is 5.80. The summed E-state index contributed by atoms with van der Waals surface area (Å²) in [5, 5.41) is 5.93.